The molecule has 0 bridgehead atoms. The summed E-state index contributed by atoms with van der Waals surface area (Å²) in [6.07, 6.45) is 1.15. The van der Waals surface area contributed by atoms with Crippen LogP contribution in [0.25, 0.3) is 11.3 Å². The minimum Gasteiger partial charge on any atom is -0.476 e. The zero-order chi connectivity index (χ0) is 15.1. The summed E-state index contributed by atoms with van der Waals surface area (Å²) >= 11 is 0. The fourth-order valence-corrected chi connectivity index (χ4v) is 2.68. The molecule has 0 radical (unpaired) electrons. The predicted octanol–water partition coefficient (Wildman–Crippen LogP) is 1.50. The van der Waals surface area contributed by atoms with Crippen LogP contribution in [-0.4, -0.2) is 35.5 Å². The molecule has 1 heterocycles. The van der Waals surface area contributed by atoms with Crippen LogP contribution in [0, 0.1) is 6.92 Å². The van der Waals surface area contributed by atoms with Gasteiger partial charge in [0, 0.05) is 18.9 Å². The minimum atomic E-state index is -3.26. The molecule has 0 spiro atoms. The van der Waals surface area contributed by atoms with E-state index in [9.17, 15) is 13.2 Å². The normalized spacial score (nSPS) is 11.6. The number of carboxylic acids is 1. The first kappa shape index (κ1) is 14.3. The maximum atomic E-state index is 11.5. The Kier molecular flexibility index (Phi) is 3.39. The second-order valence-corrected chi connectivity index (χ2v) is 6.61. The Morgan fingerprint density at radius 2 is 1.95 bits per heavy atom. The number of carboxylic acid groups (broad SMARTS) is 1. The molecule has 2 aromatic rings. The first-order valence-corrected chi connectivity index (χ1v) is 7.67. The minimum absolute atomic E-state index is 0.0471. The highest BCUT2D eigenvalue weighted by Gasteiger charge is 2.15. The van der Waals surface area contributed by atoms with Crippen molar-refractivity contribution in [3.8, 4) is 11.3 Å². The van der Waals surface area contributed by atoms with Gasteiger partial charge < -0.3 is 5.11 Å². The zero-order valence-electron chi connectivity index (χ0n) is 11.3. The number of nitrogens with zero attached hydrogens (tertiary/aromatic N) is 2. The van der Waals surface area contributed by atoms with Crippen molar-refractivity contribution in [2.45, 2.75) is 11.8 Å². The van der Waals surface area contributed by atoms with E-state index in [2.05, 4.69) is 5.10 Å². The maximum Gasteiger partial charge on any atom is 0.356 e. The summed E-state index contributed by atoms with van der Waals surface area (Å²) in [6.45, 7) is 1.78. The average molecular weight is 294 g/mol. The lowest BCUT2D eigenvalue weighted by Gasteiger charge is -2.08. The molecular formula is C13H14N2O4S. The van der Waals surface area contributed by atoms with Crippen molar-refractivity contribution < 1.29 is 18.3 Å². The number of benzene rings is 1. The molecule has 6 nitrogen and oxygen atoms in total. The second-order valence-electron chi connectivity index (χ2n) is 4.59. The molecule has 0 amide bonds. The first-order valence-electron chi connectivity index (χ1n) is 5.78. The Balaban J connectivity index is 2.57. The quantitative estimate of drug-likeness (QED) is 0.926. The molecule has 0 saturated carbocycles. The van der Waals surface area contributed by atoms with Crippen LogP contribution in [0.4, 0.5) is 0 Å². The van der Waals surface area contributed by atoms with Crippen molar-refractivity contribution in [2.75, 3.05) is 6.26 Å². The number of aromatic nitrogens is 2. The van der Waals surface area contributed by atoms with Crippen LogP contribution in [0.3, 0.4) is 0 Å². The molecule has 0 unspecified atom stereocenters. The molecule has 0 aliphatic carbocycles. The van der Waals surface area contributed by atoms with E-state index in [1.54, 1.807) is 26.1 Å². The summed E-state index contributed by atoms with van der Waals surface area (Å²) < 4.78 is 24.5. The molecule has 1 aromatic heterocycles. The van der Waals surface area contributed by atoms with Crippen molar-refractivity contribution in [2.24, 2.45) is 7.05 Å². The van der Waals surface area contributed by atoms with E-state index in [-0.39, 0.29) is 10.6 Å². The Morgan fingerprint density at radius 1 is 1.30 bits per heavy atom. The molecule has 1 N–H and O–H groups in total. The zero-order valence-corrected chi connectivity index (χ0v) is 12.1. The van der Waals surface area contributed by atoms with Crippen molar-refractivity contribution in [3.05, 3.63) is 35.5 Å². The Hall–Kier alpha value is -2.15. The number of hydrogen-bond donors (Lipinski definition) is 1. The van der Waals surface area contributed by atoms with E-state index in [4.69, 9.17) is 5.11 Å². The van der Waals surface area contributed by atoms with Gasteiger partial charge >= 0.3 is 5.97 Å². The summed E-state index contributed by atoms with van der Waals surface area (Å²) in [7, 11) is -1.61. The number of hydrogen-bond acceptors (Lipinski definition) is 4. The second kappa shape index (κ2) is 4.75. The monoisotopic (exact) mass is 294 g/mol. The Labute approximate surface area is 116 Å². The van der Waals surface area contributed by atoms with E-state index in [0.29, 0.717) is 5.69 Å². The Bertz CT molecular complexity index is 791. The highest BCUT2D eigenvalue weighted by molar-refractivity contribution is 7.90. The SMILES string of the molecule is Cc1cc(S(C)(=O)=O)ccc1-c1cc(C(=O)O)nn1C. The van der Waals surface area contributed by atoms with E-state index < -0.39 is 15.8 Å². The highest BCUT2D eigenvalue weighted by Crippen LogP contribution is 2.26. The molecule has 0 fully saturated rings. The fraction of sp³-hybridized carbons (Fsp3) is 0.231. The lowest BCUT2D eigenvalue weighted by molar-refractivity contribution is 0.0689. The van der Waals surface area contributed by atoms with Crippen LogP contribution >= 0.6 is 0 Å². The van der Waals surface area contributed by atoms with Gasteiger partial charge in [0.1, 0.15) is 0 Å². The van der Waals surface area contributed by atoms with Gasteiger partial charge in [-0.05, 0) is 30.7 Å². The fourth-order valence-electron chi connectivity index (χ4n) is 1.98. The molecule has 0 saturated heterocycles. The molecule has 0 aliphatic heterocycles. The first-order chi connectivity index (χ1) is 9.20. The average Bonchev–Trinajstić information content (AvgIpc) is 2.70. The molecule has 1 aromatic carbocycles. The summed E-state index contributed by atoms with van der Waals surface area (Å²) in [5.74, 6) is -1.10. The van der Waals surface area contributed by atoms with Gasteiger partial charge in [-0.1, -0.05) is 6.07 Å². The molecular weight excluding hydrogens is 280 g/mol. The molecule has 20 heavy (non-hydrogen) atoms. The number of aromatic carboxylic acids is 1. The van der Waals surface area contributed by atoms with Crippen LogP contribution in [0.1, 0.15) is 16.1 Å². The third kappa shape index (κ3) is 2.57. The number of rotatable bonds is 3. The highest BCUT2D eigenvalue weighted by atomic mass is 32.2. The van der Waals surface area contributed by atoms with Crippen molar-refractivity contribution in [1.29, 1.82) is 0 Å². The van der Waals surface area contributed by atoms with Crippen molar-refractivity contribution in [1.82, 2.24) is 9.78 Å². The summed E-state index contributed by atoms with van der Waals surface area (Å²) in [5.41, 5.74) is 2.07. The van der Waals surface area contributed by atoms with Gasteiger partial charge in [-0.15, -0.1) is 0 Å². The third-order valence-corrected chi connectivity index (χ3v) is 4.11. The van der Waals surface area contributed by atoms with E-state index in [1.807, 2.05) is 0 Å². The predicted molar refractivity (Wildman–Crippen MR) is 73.5 cm³/mol. The van der Waals surface area contributed by atoms with Crippen molar-refractivity contribution >= 4 is 15.8 Å². The van der Waals surface area contributed by atoms with Gasteiger partial charge in [0.15, 0.2) is 15.5 Å². The maximum absolute atomic E-state index is 11.5. The van der Waals surface area contributed by atoms with Crippen molar-refractivity contribution in [3.63, 3.8) is 0 Å². The lowest BCUT2D eigenvalue weighted by atomic mass is 10.1. The molecule has 2 rings (SSSR count). The largest absolute Gasteiger partial charge is 0.476 e. The summed E-state index contributed by atoms with van der Waals surface area (Å²) in [4.78, 5) is 11.1. The number of sulfone groups is 1. The van der Waals surface area contributed by atoms with Gasteiger partial charge in [0.05, 0.1) is 10.6 Å². The van der Waals surface area contributed by atoms with Gasteiger partial charge in [-0.3, -0.25) is 4.68 Å². The molecule has 106 valence electrons. The summed E-state index contributed by atoms with van der Waals surface area (Å²) in [5, 5.41) is 12.8. The third-order valence-electron chi connectivity index (χ3n) is 3.00. The standard InChI is InChI=1S/C13H14N2O4S/c1-8-6-9(20(3,18)19)4-5-10(8)12-7-11(13(16)17)14-15(12)2/h4-7H,1-3H3,(H,16,17). The van der Waals surface area contributed by atoms with Crippen LogP contribution in [0.5, 0.6) is 0 Å². The van der Waals surface area contributed by atoms with E-state index in [0.717, 1.165) is 17.4 Å². The van der Waals surface area contributed by atoms with Gasteiger partial charge in [-0.25, -0.2) is 13.2 Å². The van der Waals surface area contributed by atoms with E-state index in [1.165, 1.54) is 16.8 Å². The van der Waals surface area contributed by atoms with Crippen LogP contribution in [0.2, 0.25) is 0 Å². The molecule has 0 atom stereocenters. The topological polar surface area (TPSA) is 89.3 Å². The van der Waals surface area contributed by atoms with Gasteiger partial charge in [0.2, 0.25) is 0 Å². The number of aryl methyl sites for hydroxylation is 2. The van der Waals surface area contributed by atoms with Gasteiger partial charge in [-0.2, -0.15) is 5.10 Å². The number of carbonyl (C=O) groups is 1. The van der Waals surface area contributed by atoms with Gasteiger partial charge in [0.25, 0.3) is 0 Å². The van der Waals surface area contributed by atoms with E-state index >= 15 is 0 Å². The van der Waals surface area contributed by atoms with Crippen LogP contribution in [-0.2, 0) is 16.9 Å². The smallest absolute Gasteiger partial charge is 0.356 e. The molecule has 0 aliphatic rings. The van der Waals surface area contributed by atoms with Crippen LogP contribution < -0.4 is 0 Å². The lowest BCUT2D eigenvalue weighted by Crippen LogP contribution is -2.00. The Morgan fingerprint density at radius 3 is 2.40 bits per heavy atom. The van der Waals surface area contributed by atoms with Crippen LogP contribution in [0.15, 0.2) is 29.2 Å². The molecule has 7 heteroatoms. The summed E-state index contributed by atoms with van der Waals surface area (Å²) in [6, 6.07) is 6.20.